The van der Waals surface area contributed by atoms with Gasteiger partial charge in [-0.05, 0) is 42.3 Å². The normalized spacial score (nSPS) is 17.2. The molecule has 0 aliphatic heterocycles. The van der Waals surface area contributed by atoms with Gasteiger partial charge in [0.1, 0.15) is 4.88 Å². The third-order valence-corrected chi connectivity index (χ3v) is 4.36. The molecule has 0 amide bonds. The van der Waals surface area contributed by atoms with Gasteiger partial charge in [-0.15, -0.1) is 11.3 Å². The first kappa shape index (κ1) is 12.6. The Morgan fingerprint density at radius 3 is 2.88 bits per heavy atom. The maximum absolute atomic E-state index is 10.9. The summed E-state index contributed by atoms with van der Waals surface area (Å²) in [6.07, 6.45) is 6.73. The van der Waals surface area contributed by atoms with Gasteiger partial charge in [0.2, 0.25) is 0 Å². The average Bonchev–Trinajstić information content (AvgIpc) is 2.79. The number of rotatable bonds is 5. The number of hydrogen-bond acceptors (Lipinski definition) is 3. The van der Waals surface area contributed by atoms with Gasteiger partial charge in [-0.3, -0.25) is 0 Å². The lowest BCUT2D eigenvalue weighted by Gasteiger charge is -2.21. The molecule has 1 saturated carbocycles. The molecule has 0 aromatic carbocycles. The standard InChI is InChI=1S/C13H19NO2S/c15-13(16)12-11(6-7-17-12)9-14-8-10-4-2-1-3-5-10/h6-7,10,14H,1-5,8-9H2,(H,15,16). The third-order valence-electron chi connectivity index (χ3n) is 3.41. The Labute approximate surface area is 106 Å². The molecule has 94 valence electrons. The summed E-state index contributed by atoms with van der Waals surface area (Å²) in [6.45, 7) is 1.70. The first-order chi connectivity index (χ1) is 8.27. The molecule has 1 aromatic heterocycles. The van der Waals surface area contributed by atoms with Crippen molar-refractivity contribution in [3.05, 3.63) is 21.9 Å². The van der Waals surface area contributed by atoms with E-state index in [9.17, 15) is 4.79 Å². The monoisotopic (exact) mass is 253 g/mol. The minimum absolute atomic E-state index is 0.473. The summed E-state index contributed by atoms with van der Waals surface area (Å²) in [6, 6.07) is 1.90. The first-order valence-corrected chi connectivity index (χ1v) is 7.15. The van der Waals surface area contributed by atoms with Crippen molar-refractivity contribution in [1.29, 1.82) is 0 Å². The van der Waals surface area contributed by atoms with Crippen LogP contribution in [0.2, 0.25) is 0 Å². The Morgan fingerprint density at radius 2 is 2.18 bits per heavy atom. The SMILES string of the molecule is O=C(O)c1sccc1CNCC1CCCCC1. The van der Waals surface area contributed by atoms with Crippen LogP contribution < -0.4 is 5.32 Å². The maximum Gasteiger partial charge on any atom is 0.346 e. The van der Waals surface area contributed by atoms with E-state index >= 15 is 0 Å². The van der Waals surface area contributed by atoms with Gasteiger partial charge in [0.05, 0.1) is 0 Å². The van der Waals surface area contributed by atoms with Crippen molar-refractivity contribution in [2.45, 2.75) is 38.6 Å². The van der Waals surface area contributed by atoms with E-state index in [0.29, 0.717) is 11.4 Å². The molecule has 0 radical (unpaired) electrons. The summed E-state index contributed by atoms with van der Waals surface area (Å²) in [5, 5.41) is 14.2. The highest BCUT2D eigenvalue weighted by Crippen LogP contribution is 2.23. The van der Waals surface area contributed by atoms with Crippen LogP contribution >= 0.6 is 11.3 Å². The van der Waals surface area contributed by atoms with Crippen LogP contribution in [-0.2, 0) is 6.54 Å². The Kier molecular flexibility index (Phi) is 4.57. The molecule has 3 nitrogen and oxygen atoms in total. The molecule has 0 spiro atoms. The fourth-order valence-electron chi connectivity index (χ4n) is 2.46. The minimum atomic E-state index is -0.811. The first-order valence-electron chi connectivity index (χ1n) is 6.27. The van der Waals surface area contributed by atoms with Gasteiger partial charge in [-0.1, -0.05) is 19.3 Å². The van der Waals surface area contributed by atoms with Crippen LogP contribution in [0.5, 0.6) is 0 Å². The summed E-state index contributed by atoms with van der Waals surface area (Å²) in [4.78, 5) is 11.4. The van der Waals surface area contributed by atoms with Gasteiger partial charge >= 0.3 is 5.97 Å². The second kappa shape index (κ2) is 6.17. The lowest BCUT2D eigenvalue weighted by molar-refractivity contribution is 0.0701. The van der Waals surface area contributed by atoms with Crippen LogP contribution in [0, 0.1) is 5.92 Å². The largest absolute Gasteiger partial charge is 0.477 e. The van der Waals surface area contributed by atoms with Crippen molar-refractivity contribution in [1.82, 2.24) is 5.32 Å². The van der Waals surface area contributed by atoms with E-state index in [4.69, 9.17) is 5.11 Å². The molecule has 2 N–H and O–H groups in total. The molecule has 0 saturated heterocycles. The van der Waals surface area contributed by atoms with Crippen molar-refractivity contribution >= 4 is 17.3 Å². The Balaban J connectivity index is 1.77. The number of thiophene rings is 1. The quantitative estimate of drug-likeness (QED) is 0.847. The second-order valence-corrected chi connectivity index (χ2v) is 5.63. The molecule has 1 aliphatic rings. The summed E-state index contributed by atoms with van der Waals surface area (Å²) >= 11 is 1.30. The number of carboxylic acid groups (broad SMARTS) is 1. The topological polar surface area (TPSA) is 49.3 Å². The Bertz CT molecular complexity index is 369. The average molecular weight is 253 g/mol. The van der Waals surface area contributed by atoms with Gasteiger partial charge in [0.15, 0.2) is 0 Å². The van der Waals surface area contributed by atoms with Crippen LogP contribution in [-0.4, -0.2) is 17.6 Å². The molecule has 17 heavy (non-hydrogen) atoms. The number of carbonyl (C=O) groups is 1. The van der Waals surface area contributed by atoms with Gasteiger partial charge in [-0.25, -0.2) is 4.79 Å². The van der Waals surface area contributed by atoms with E-state index < -0.39 is 5.97 Å². The van der Waals surface area contributed by atoms with Crippen molar-refractivity contribution < 1.29 is 9.90 Å². The van der Waals surface area contributed by atoms with Gasteiger partial charge in [0.25, 0.3) is 0 Å². The lowest BCUT2D eigenvalue weighted by atomic mass is 9.89. The van der Waals surface area contributed by atoms with Crippen LogP contribution in [0.25, 0.3) is 0 Å². The van der Waals surface area contributed by atoms with Crippen molar-refractivity contribution in [3.63, 3.8) is 0 Å². The van der Waals surface area contributed by atoms with E-state index in [1.807, 2.05) is 11.4 Å². The fourth-order valence-corrected chi connectivity index (χ4v) is 3.23. The van der Waals surface area contributed by atoms with Crippen LogP contribution in [0.15, 0.2) is 11.4 Å². The highest BCUT2D eigenvalue weighted by molar-refractivity contribution is 7.12. The lowest BCUT2D eigenvalue weighted by Crippen LogP contribution is -2.24. The van der Waals surface area contributed by atoms with E-state index in [-0.39, 0.29) is 0 Å². The van der Waals surface area contributed by atoms with Crippen molar-refractivity contribution in [2.24, 2.45) is 5.92 Å². The van der Waals surface area contributed by atoms with Crippen LogP contribution in [0.4, 0.5) is 0 Å². The third kappa shape index (κ3) is 3.54. The number of nitrogens with one attached hydrogen (secondary N) is 1. The van der Waals surface area contributed by atoms with Crippen LogP contribution in [0.3, 0.4) is 0 Å². The molecule has 2 rings (SSSR count). The molecule has 1 fully saturated rings. The number of aromatic carboxylic acids is 1. The fraction of sp³-hybridized carbons (Fsp3) is 0.615. The molecule has 0 atom stereocenters. The molecular weight excluding hydrogens is 234 g/mol. The number of hydrogen-bond donors (Lipinski definition) is 2. The summed E-state index contributed by atoms with van der Waals surface area (Å²) in [5.41, 5.74) is 0.915. The van der Waals surface area contributed by atoms with E-state index in [1.165, 1.54) is 43.4 Å². The van der Waals surface area contributed by atoms with E-state index in [1.54, 1.807) is 0 Å². The van der Waals surface area contributed by atoms with Crippen molar-refractivity contribution in [3.8, 4) is 0 Å². The molecule has 1 aromatic rings. The second-order valence-electron chi connectivity index (χ2n) is 4.72. The summed E-state index contributed by atoms with van der Waals surface area (Å²) in [5.74, 6) is -0.0230. The molecular formula is C13H19NO2S. The molecule has 1 aliphatic carbocycles. The predicted octanol–water partition coefficient (Wildman–Crippen LogP) is 3.12. The van der Waals surface area contributed by atoms with Gasteiger partial charge < -0.3 is 10.4 Å². The zero-order valence-corrected chi connectivity index (χ0v) is 10.8. The smallest absolute Gasteiger partial charge is 0.346 e. The molecule has 1 heterocycles. The minimum Gasteiger partial charge on any atom is -0.477 e. The zero-order valence-electron chi connectivity index (χ0n) is 9.95. The predicted molar refractivity (Wildman–Crippen MR) is 69.6 cm³/mol. The summed E-state index contributed by atoms with van der Waals surface area (Å²) < 4.78 is 0. The summed E-state index contributed by atoms with van der Waals surface area (Å²) in [7, 11) is 0. The van der Waals surface area contributed by atoms with Crippen LogP contribution in [0.1, 0.15) is 47.3 Å². The van der Waals surface area contributed by atoms with E-state index in [2.05, 4.69) is 5.32 Å². The molecule has 4 heteroatoms. The highest BCUT2D eigenvalue weighted by atomic mass is 32.1. The number of carboxylic acids is 1. The van der Waals surface area contributed by atoms with Gasteiger partial charge in [-0.2, -0.15) is 0 Å². The Morgan fingerprint density at radius 1 is 1.41 bits per heavy atom. The maximum atomic E-state index is 10.9. The highest BCUT2D eigenvalue weighted by Gasteiger charge is 2.14. The van der Waals surface area contributed by atoms with Crippen molar-refractivity contribution in [2.75, 3.05) is 6.54 Å². The van der Waals surface area contributed by atoms with E-state index in [0.717, 1.165) is 18.0 Å². The zero-order chi connectivity index (χ0) is 12.1. The van der Waals surface area contributed by atoms with Gasteiger partial charge in [0, 0.05) is 6.54 Å². The Hall–Kier alpha value is -0.870. The molecule has 0 bridgehead atoms. The molecule has 0 unspecified atom stereocenters.